The fourth-order valence-corrected chi connectivity index (χ4v) is 7.59. The molecular weight excluding hydrogens is 594 g/mol. The van der Waals surface area contributed by atoms with Gasteiger partial charge in [-0.05, 0) is 91.6 Å². The molecule has 0 aromatic heterocycles. The number of hydrogen-bond donors (Lipinski definition) is 0. The summed E-state index contributed by atoms with van der Waals surface area (Å²) in [6.45, 7) is 0.424. The van der Waals surface area contributed by atoms with E-state index in [-0.39, 0.29) is 17.5 Å². The number of ether oxygens (including phenoxy) is 1. The van der Waals surface area contributed by atoms with Crippen molar-refractivity contribution in [3.63, 3.8) is 0 Å². The molecule has 4 nitrogen and oxygen atoms in total. The number of Topliss-reactive ketones (excluding diaryl/α,β-unsaturated/α-hetero) is 2. The molecule has 2 aliphatic carbocycles. The van der Waals surface area contributed by atoms with Gasteiger partial charge in [0.2, 0.25) is 0 Å². The first-order valence-electron chi connectivity index (χ1n) is 12.8. The Kier molecular flexibility index (Phi) is 6.58. The van der Waals surface area contributed by atoms with Crippen LogP contribution in [0.25, 0.3) is 10.8 Å². The number of carbonyl (C=O) groups excluding carboxylic acids is 2. The maximum Gasteiger partial charge on any atom is 0.161 e. The Morgan fingerprint density at radius 1 is 0.838 bits per heavy atom. The predicted octanol–water partition coefficient (Wildman–Crippen LogP) is 7.99. The van der Waals surface area contributed by atoms with Crippen LogP contribution in [0.5, 0.6) is 5.75 Å². The van der Waals surface area contributed by atoms with Crippen molar-refractivity contribution < 1.29 is 14.3 Å². The molecule has 0 atom stereocenters. The van der Waals surface area contributed by atoms with Crippen LogP contribution in [0.1, 0.15) is 55.6 Å². The quantitative estimate of drug-likeness (QED) is 0.297. The van der Waals surface area contributed by atoms with Crippen molar-refractivity contribution >= 4 is 54.2 Å². The number of fused-ring (bicyclic) bond motifs is 1. The molecule has 0 N–H and O–H groups in total. The van der Waals surface area contributed by atoms with Crippen molar-refractivity contribution in [2.75, 3.05) is 7.05 Å². The summed E-state index contributed by atoms with van der Waals surface area (Å²) in [6, 6.07) is 18.6. The van der Waals surface area contributed by atoms with Gasteiger partial charge in [-0.1, -0.05) is 42.5 Å². The molecule has 0 saturated heterocycles. The van der Waals surface area contributed by atoms with Crippen LogP contribution in [0.2, 0.25) is 0 Å². The lowest BCUT2D eigenvalue weighted by Gasteiger charge is -2.42. The Balaban J connectivity index is 1.39. The van der Waals surface area contributed by atoms with Crippen molar-refractivity contribution in [2.45, 2.75) is 51.0 Å². The Labute approximate surface area is 233 Å². The first kappa shape index (κ1) is 24.6. The van der Waals surface area contributed by atoms with Crippen LogP contribution >= 0.6 is 31.9 Å². The third kappa shape index (κ3) is 4.28. The standard InChI is InChI=1S/C31H27Br2NO3/c1-34-24-11-5-13-26(35)29(24)28(30-25(34)12-6-14-27(30)36)20-15-22(32)31(23(33)16-20)37-17-19-9-4-8-18-7-2-3-10-21(18)19/h2-4,7-10,15-16,28H,5-6,11-14,17H2,1H3. The zero-order valence-corrected chi connectivity index (χ0v) is 23.8. The summed E-state index contributed by atoms with van der Waals surface area (Å²) in [5.41, 5.74) is 5.81. The fraction of sp³-hybridized carbons (Fsp3) is 0.290. The van der Waals surface area contributed by atoms with E-state index in [1.807, 2.05) is 37.4 Å². The van der Waals surface area contributed by atoms with E-state index in [0.717, 1.165) is 68.3 Å². The highest BCUT2D eigenvalue weighted by molar-refractivity contribution is 9.11. The number of ketones is 2. The molecular formula is C31H27Br2NO3. The normalized spacial score (nSPS) is 18.4. The number of benzene rings is 3. The molecule has 188 valence electrons. The van der Waals surface area contributed by atoms with E-state index < -0.39 is 0 Å². The lowest BCUT2D eigenvalue weighted by atomic mass is 9.71. The summed E-state index contributed by atoms with van der Waals surface area (Å²) in [4.78, 5) is 28.7. The van der Waals surface area contributed by atoms with E-state index in [4.69, 9.17) is 4.74 Å². The Morgan fingerprint density at radius 3 is 2.08 bits per heavy atom. The Morgan fingerprint density at radius 2 is 1.43 bits per heavy atom. The van der Waals surface area contributed by atoms with Crippen LogP contribution < -0.4 is 4.74 Å². The molecule has 0 radical (unpaired) electrons. The summed E-state index contributed by atoms with van der Waals surface area (Å²) >= 11 is 7.48. The third-order valence-electron chi connectivity index (χ3n) is 7.85. The molecule has 0 fully saturated rings. The van der Waals surface area contributed by atoms with Gasteiger partial charge in [-0.2, -0.15) is 0 Å². The summed E-state index contributed by atoms with van der Waals surface area (Å²) in [6.07, 6.45) is 4.53. The first-order chi connectivity index (χ1) is 17.9. The van der Waals surface area contributed by atoms with Crippen LogP contribution in [0.4, 0.5) is 0 Å². The van der Waals surface area contributed by atoms with E-state index >= 15 is 0 Å². The summed E-state index contributed by atoms with van der Waals surface area (Å²) < 4.78 is 7.91. The van der Waals surface area contributed by atoms with Crippen molar-refractivity contribution in [1.29, 1.82) is 0 Å². The van der Waals surface area contributed by atoms with Crippen LogP contribution in [-0.4, -0.2) is 23.5 Å². The number of allylic oxidation sites excluding steroid dienone is 4. The van der Waals surface area contributed by atoms with Gasteiger partial charge < -0.3 is 9.64 Å². The predicted molar refractivity (Wildman–Crippen MR) is 152 cm³/mol. The minimum Gasteiger partial charge on any atom is -0.487 e. The first-order valence-corrected chi connectivity index (χ1v) is 14.4. The van der Waals surface area contributed by atoms with Gasteiger partial charge in [0.25, 0.3) is 0 Å². The second kappa shape index (κ2) is 9.88. The third-order valence-corrected chi connectivity index (χ3v) is 9.03. The van der Waals surface area contributed by atoms with Gasteiger partial charge in [-0.3, -0.25) is 9.59 Å². The van der Waals surface area contributed by atoms with Gasteiger partial charge in [0.1, 0.15) is 12.4 Å². The minimum absolute atomic E-state index is 0.159. The maximum atomic E-state index is 13.3. The SMILES string of the molecule is CN1C2=C(C(=O)CCC2)C(c2cc(Br)c(OCc3cccc4ccccc34)c(Br)c2)C2=C1CCCC2=O. The van der Waals surface area contributed by atoms with E-state index in [2.05, 4.69) is 61.0 Å². The van der Waals surface area contributed by atoms with Crippen molar-refractivity contribution in [1.82, 2.24) is 4.90 Å². The van der Waals surface area contributed by atoms with Gasteiger partial charge in [0.05, 0.1) is 8.95 Å². The molecule has 1 aliphatic heterocycles. The lowest BCUT2D eigenvalue weighted by molar-refractivity contribution is -0.117. The zero-order chi connectivity index (χ0) is 25.7. The molecule has 0 spiro atoms. The van der Waals surface area contributed by atoms with Gasteiger partial charge in [0.15, 0.2) is 11.6 Å². The molecule has 3 aliphatic rings. The molecule has 3 aromatic rings. The number of hydrogen-bond acceptors (Lipinski definition) is 4. The van der Waals surface area contributed by atoms with Crippen molar-refractivity contribution in [3.05, 3.63) is 97.2 Å². The van der Waals surface area contributed by atoms with Crippen molar-refractivity contribution in [2.24, 2.45) is 0 Å². The number of halogens is 2. The highest BCUT2D eigenvalue weighted by Gasteiger charge is 2.42. The molecule has 1 heterocycles. The second-order valence-corrected chi connectivity index (χ2v) is 11.7. The Bertz CT molecular complexity index is 1450. The monoisotopic (exact) mass is 619 g/mol. The smallest absolute Gasteiger partial charge is 0.161 e. The topological polar surface area (TPSA) is 46.6 Å². The minimum atomic E-state index is -0.332. The molecule has 0 saturated carbocycles. The second-order valence-electron chi connectivity index (χ2n) is 10.0. The zero-order valence-electron chi connectivity index (χ0n) is 20.7. The number of nitrogens with zero attached hydrogens (tertiary/aromatic N) is 1. The molecule has 0 amide bonds. The summed E-state index contributed by atoms with van der Waals surface area (Å²) in [5.74, 6) is 0.692. The number of rotatable bonds is 4. The van der Waals surface area contributed by atoms with E-state index in [1.165, 1.54) is 10.8 Å². The number of carbonyl (C=O) groups is 2. The van der Waals surface area contributed by atoms with Gasteiger partial charge in [-0.15, -0.1) is 0 Å². The van der Waals surface area contributed by atoms with E-state index in [1.54, 1.807) is 0 Å². The molecule has 6 heteroatoms. The largest absolute Gasteiger partial charge is 0.487 e. The fourth-order valence-electron chi connectivity index (χ4n) is 6.14. The highest BCUT2D eigenvalue weighted by atomic mass is 79.9. The van der Waals surface area contributed by atoms with Gasteiger partial charge >= 0.3 is 0 Å². The van der Waals surface area contributed by atoms with Gasteiger partial charge in [-0.25, -0.2) is 0 Å². The summed E-state index contributed by atoms with van der Waals surface area (Å²) in [7, 11) is 2.02. The molecule has 37 heavy (non-hydrogen) atoms. The molecule has 6 rings (SSSR count). The molecule has 0 unspecified atom stereocenters. The average molecular weight is 621 g/mol. The molecule has 3 aromatic carbocycles. The van der Waals surface area contributed by atoms with Crippen LogP contribution in [-0.2, 0) is 16.2 Å². The lowest BCUT2D eigenvalue weighted by Crippen LogP contribution is -2.37. The molecule has 0 bridgehead atoms. The van der Waals surface area contributed by atoms with Crippen LogP contribution in [0.15, 0.2) is 86.1 Å². The van der Waals surface area contributed by atoms with E-state index in [9.17, 15) is 9.59 Å². The Hall–Kier alpha value is -2.70. The van der Waals surface area contributed by atoms with Crippen LogP contribution in [0.3, 0.4) is 0 Å². The maximum absolute atomic E-state index is 13.3. The van der Waals surface area contributed by atoms with Crippen LogP contribution in [0, 0.1) is 0 Å². The average Bonchev–Trinajstić information content (AvgIpc) is 2.89. The van der Waals surface area contributed by atoms with E-state index in [0.29, 0.717) is 25.2 Å². The van der Waals surface area contributed by atoms with Crippen molar-refractivity contribution in [3.8, 4) is 5.75 Å². The summed E-state index contributed by atoms with van der Waals surface area (Å²) in [5, 5.41) is 2.35. The van der Waals surface area contributed by atoms with Gasteiger partial charge in [0, 0.05) is 48.3 Å². The highest BCUT2D eigenvalue weighted by Crippen LogP contribution is 2.50.